The molecule has 0 aliphatic heterocycles. The molecule has 0 saturated heterocycles. The first-order chi connectivity index (χ1) is 8.71. The molecule has 0 saturated carbocycles. The van der Waals surface area contributed by atoms with Crippen LogP contribution in [0.3, 0.4) is 0 Å². The van der Waals surface area contributed by atoms with E-state index < -0.39 is 0 Å². The number of halogens is 1. The highest BCUT2D eigenvalue weighted by molar-refractivity contribution is 9.10. The van der Waals surface area contributed by atoms with Gasteiger partial charge >= 0.3 is 0 Å². The van der Waals surface area contributed by atoms with Gasteiger partial charge in [0.05, 0.1) is 7.11 Å². The molecule has 3 N–H and O–H groups in total. The second kappa shape index (κ2) is 8.80. The molecule has 0 fully saturated rings. The van der Waals surface area contributed by atoms with Gasteiger partial charge in [-0.3, -0.25) is 11.3 Å². The first-order valence-electron chi connectivity index (χ1n) is 6.07. The lowest BCUT2D eigenvalue weighted by atomic mass is 10.1. The zero-order valence-electron chi connectivity index (χ0n) is 10.9. The molecule has 1 aromatic rings. The molecular weight excluding hydrogens is 312 g/mol. The van der Waals surface area contributed by atoms with E-state index in [1.807, 2.05) is 23.9 Å². The molecule has 0 bridgehead atoms. The Labute approximate surface area is 122 Å². The number of nitrogens with one attached hydrogen (secondary N) is 1. The number of rotatable bonds is 8. The lowest BCUT2D eigenvalue weighted by molar-refractivity contribution is 0.414. The molecule has 0 spiro atoms. The van der Waals surface area contributed by atoms with Crippen LogP contribution in [-0.2, 0) is 6.42 Å². The summed E-state index contributed by atoms with van der Waals surface area (Å²) in [6.07, 6.45) is 2.09. The number of ether oxygens (including phenoxy) is 1. The number of methoxy groups -OCH3 is 1. The van der Waals surface area contributed by atoms with E-state index in [0.717, 1.165) is 22.4 Å². The first kappa shape index (κ1) is 15.8. The molecule has 18 heavy (non-hydrogen) atoms. The van der Waals surface area contributed by atoms with Crippen molar-refractivity contribution in [1.29, 1.82) is 0 Å². The summed E-state index contributed by atoms with van der Waals surface area (Å²) in [4.78, 5) is 0. The van der Waals surface area contributed by atoms with Crippen molar-refractivity contribution in [2.45, 2.75) is 25.8 Å². The molecule has 0 aromatic heterocycles. The van der Waals surface area contributed by atoms with E-state index in [2.05, 4.69) is 34.3 Å². The van der Waals surface area contributed by atoms with Crippen LogP contribution in [0.4, 0.5) is 0 Å². The van der Waals surface area contributed by atoms with Gasteiger partial charge in [-0.2, -0.15) is 11.8 Å². The van der Waals surface area contributed by atoms with E-state index in [4.69, 9.17) is 10.6 Å². The van der Waals surface area contributed by atoms with Crippen molar-refractivity contribution in [3.63, 3.8) is 0 Å². The van der Waals surface area contributed by atoms with Crippen molar-refractivity contribution in [3.05, 3.63) is 28.2 Å². The molecular formula is C13H21BrN2OS. The average Bonchev–Trinajstić information content (AvgIpc) is 2.40. The molecule has 1 rings (SSSR count). The van der Waals surface area contributed by atoms with Gasteiger partial charge in [0.1, 0.15) is 5.75 Å². The fraction of sp³-hybridized carbons (Fsp3) is 0.538. The van der Waals surface area contributed by atoms with E-state index in [9.17, 15) is 0 Å². The van der Waals surface area contributed by atoms with Gasteiger partial charge in [-0.1, -0.05) is 22.9 Å². The molecule has 1 atom stereocenters. The molecule has 0 amide bonds. The van der Waals surface area contributed by atoms with E-state index >= 15 is 0 Å². The topological polar surface area (TPSA) is 47.3 Å². The average molecular weight is 333 g/mol. The number of hydrogen-bond acceptors (Lipinski definition) is 4. The highest BCUT2D eigenvalue weighted by atomic mass is 79.9. The minimum atomic E-state index is 0.282. The smallest absolute Gasteiger partial charge is 0.119 e. The summed E-state index contributed by atoms with van der Waals surface area (Å²) in [5.74, 6) is 8.69. The Kier molecular flexibility index (Phi) is 7.74. The number of thioether (sulfide) groups is 1. The summed E-state index contributed by atoms with van der Waals surface area (Å²) in [7, 11) is 1.68. The third-order valence-corrected chi connectivity index (χ3v) is 4.73. The minimum Gasteiger partial charge on any atom is -0.497 e. The van der Waals surface area contributed by atoms with Gasteiger partial charge < -0.3 is 4.74 Å². The van der Waals surface area contributed by atoms with Gasteiger partial charge in [-0.05, 0) is 42.4 Å². The summed E-state index contributed by atoms with van der Waals surface area (Å²) in [5, 5.41) is 0. The van der Waals surface area contributed by atoms with Crippen LogP contribution in [0.25, 0.3) is 0 Å². The molecule has 5 heteroatoms. The summed E-state index contributed by atoms with van der Waals surface area (Å²) in [6, 6.07) is 6.30. The quantitative estimate of drug-likeness (QED) is 0.436. The molecule has 1 aromatic carbocycles. The Morgan fingerprint density at radius 3 is 2.89 bits per heavy atom. The maximum Gasteiger partial charge on any atom is 0.119 e. The van der Waals surface area contributed by atoms with Crippen LogP contribution in [0.1, 0.15) is 18.9 Å². The second-order valence-corrected chi connectivity index (χ2v) is 6.10. The van der Waals surface area contributed by atoms with Gasteiger partial charge in [0, 0.05) is 16.3 Å². The monoisotopic (exact) mass is 332 g/mol. The summed E-state index contributed by atoms with van der Waals surface area (Å²) >= 11 is 5.50. The van der Waals surface area contributed by atoms with Crippen LogP contribution in [0.15, 0.2) is 22.7 Å². The Morgan fingerprint density at radius 2 is 2.28 bits per heavy atom. The first-order valence-corrected chi connectivity index (χ1v) is 8.02. The van der Waals surface area contributed by atoms with E-state index in [1.165, 1.54) is 17.7 Å². The van der Waals surface area contributed by atoms with E-state index in [0.29, 0.717) is 0 Å². The Morgan fingerprint density at radius 1 is 1.50 bits per heavy atom. The fourth-order valence-corrected chi connectivity index (χ4v) is 3.00. The second-order valence-electron chi connectivity index (χ2n) is 4.10. The van der Waals surface area contributed by atoms with Gasteiger partial charge in [0.15, 0.2) is 0 Å². The van der Waals surface area contributed by atoms with Gasteiger partial charge in [0.25, 0.3) is 0 Å². The van der Waals surface area contributed by atoms with Crippen LogP contribution in [0.5, 0.6) is 5.75 Å². The van der Waals surface area contributed by atoms with Crippen molar-refractivity contribution in [1.82, 2.24) is 5.43 Å². The minimum absolute atomic E-state index is 0.282. The van der Waals surface area contributed by atoms with Crippen molar-refractivity contribution in [2.24, 2.45) is 5.84 Å². The molecule has 0 aliphatic rings. The fourth-order valence-electron chi connectivity index (χ4n) is 1.64. The Balaban J connectivity index is 2.62. The lowest BCUT2D eigenvalue weighted by Gasteiger charge is -2.17. The van der Waals surface area contributed by atoms with E-state index in [1.54, 1.807) is 7.11 Å². The predicted molar refractivity (Wildman–Crippen MR) is 83.1 cm³/mol. The third-order valence-electron chi connectivity index (χ3n) is 2.62. The number of hydrazine groups is 1. The van der Waals surface area contributed by atoms with Crippen LogP contribution >= 0.6 is 27.7 Å². The zero-order valence-corrected chi connectivity index (χ0v) is 13.3. The standard InChI is InChI=1S/C13H21BrN2OS/c1-3-6-18-9-11(16-15)7-10-8-12(17-2)4-5-13(10)14/h4-5,8,11,16H,3,6-7,9,15H2,1-2H3. The molecule has 0 heterocycles. The summed E-state index contributed by atoms with van der Waals surface area (Å²) < 4.78 is 6.35. The SMILES string of the molecule is CCCSCC(Cc1cc(OC)ccc1Br)NN. The van der Waals surface area contributed by atoms with Crippen LogP contribution < -0.4 is 16.0 Å². The molecule has 0 aliphatic carbocycles. The zero-order chi connectivity index (χ0) is 13.4. The molecule has 0 radical (unpaired) electrons. The maximum absolute atomic E-state index is 5.61. The lowest BCUT2D eigenvalue weighted by Crippen LogP contribution is -2.38. The number of nitrogens with two attached hydrogens (primary N) is 1. The Bertz CT molecular complexity index is 363. The highest BCUT2D eigenvalue weighted by Gasteiger charge is 2.11. The van der Waals surface area contributed by atoms with Crippen molar-refractivity contribution >= 4 is 27.7 Å². The van der Waals surface area contributed by atoms with Gasteiger partial charge in [0.2, 0.25) is 0 Å². The molecule has 1 unspecified atom stereocenters. The van der Waals surface area contributed by atoms with Crippen molar-refractivity contribution < 1.29 is 4.74 Å². The number of benzene rings is 1. The van der Waals surface area contributed by atoms with Crippen LogP contribution in [0, 0.1) is 0 Å². The largest absolute Gasteiger partial charge is 0.497 e. The Hall–Kier alpha value is -0.230. The summed E-state index contributed by atoms with van der Waals surface area (Å²) in [6.45, 7) is 2.19. The molecule has 102 valence electrons. The van der Waals surface area contributed by atoms with Crippen molar-refractivity contribution in [2.75, 3.05) is 18.6 Å². The van der Waals surface area contributed by atoms with Crippen LogP contribution in [0.2, 0.25) is 0 Å². The summed E-state index contributed by atoms with van der Waals surface area (Å²) in [5.41, 5.74) is 4.11. The highest BCUT2D eigenvalue weighted by Crippen LogP contribution is 2.24. The maximum atomic E-state index is 5.61. The molecule has 3 nitrogen and oxygen atoms in total. The normalized spacial score (nSPS) is 12.4. The van der Waals surface area contributed by atoms with Gasteiger partial charge in [-0.15, -0.1) is 0 Å². The van der Waals surface area contributed by atoms with Gasteiger partial charge in [-0.25, -0.2) is 0 Å². The van der Waals surface area contributed by atoms with Crippen LogP contribution in [-0.4, -0.2) is 24.7 Å². The third kappa shape index (κ3) is 5.18. The van der Waals surface area contributed by atoms with E-state index in [-0.39, 0.29) is 6.04 Å². The van der Waals surface area contributed by atoms with Crippen molar-refractivity contribution in [3.8, 4) is 5.75 Å². The number of hydrogen-bond donors (Lipinski definition) is 2. The predicted octanol–water partition coefficient (Wildman–Crippen LogP) is 2.98.